The third-order valence-corrected chi connectivity index (χ3v) is 6.07. The van der Waals surface area contributed by atoms with Crippen LogP contribution in [-0.2, 0) is 21.5 Å². The summed E-state index contributed by atoms with van der Waals surface area (Å²) in [7, 11) is 1.72. The van der Waals surface area contributed by atoms with Crippen LogP contribution in [0.3, 0.4) is 0 Å². The highest BCUT2D eigenvalue weighted by molar-refractivity contribution is 5.37. The van der Waals surface area contributed by atoms with E-state index in [1.165, 1.54) is 11.1 Å². The minimum absolute atomic E-state index is 0.105. The minimum Gasteiger partial charge on any atom is -0.508 e. The number of H-pyrrole nitrogens is 1. The van der Waals surface area contributed by atoms with Gasteiger partial charge in [-0.3, -0.25) is 0 Å². The Balaban J connectivity index is 1.51. The highest BCUT2D eigenvalue weighted by Gasteiger charge is 2.36. The zero-order valence-corrected chi connectivity index (χ0v) is 17.6. The van der Waals surface area contributed by atoms with E-state index in [4.69, 9.17) is 9.47 Å². The van der Waals surface area contributed by atoms with Gasteiger partial charge in [-0.1, -0.05) is 36.4 Å². The number of benzene rings is 2. The second-order valence-corrected chi connectivity index (χ2v) is 7.99. The number of ether oxygens (including phenoxy) is 2. The normalized spacial score (nSPS) is 19.1. The Bertz CT molecular complexity index is 939. The van der Waals surface area contributed by atoms with Gasteiger partial charge in [-0.25, -0.2) is 0 Å². The fraction of sp³-hybridized carbons (Fsp3) is 0.360. The Morgan fingerprint density at radius 2 is 1.97 bits per heavy atom. The Labute approximate surface area is 178 Å². The van der Waals surface area contributed by atoms with Gasteiger partial charge in [0.05, 0.1) is 18.4 Å². The first-order valence-corrected chi connectivity index (χ1v) is 10.5. The van der Waals surface area contributed by atoms with E-state index in [0.29, 0.717) is 6.54 Å². The Hall–Kier alpha value is -2.60. The second kappa shape index (κ2) is 9.04. The number of aromatic amines is 1. The standard InChI is InChI=1S/C25H30N2O3/c1-18(16-23-22-7-4-3-6-19(22)13-15-30-23)27-17-25(29-2,24-8-5-14-26-24)20-9-11-21(28)12-10-20/h3-12,14,18,23,26-28H,13,15-17H2,1-2H3. The first-order chi connectivity index (χ1) is 14.6. The van der Waals surface area contributed by atoms with E-state index < -0.39 is 5.60 Å². The van der Waals surface area contributed by atoms with E-state index in [-0.39, 0.29) is 17.9 Å². The maximum atomic E-state index is 9.73. The van der Waals surface area contributed by atoms with Crippen molar-refractivity contribution in [2.24, 2.45) is 0 Å². The Kier molecular flexibility index (Phi) is 6.23. The molecule has 158 valence electrons. The number of phenolic OH excluding ortho intramolecular Hbond substituents is 1. The van der Waals surface area contributed by atoms with Gasteiger partial charge in [-0.05, 0) is 60.7 Å². The lowest BCUT2D eigenvalue weighted by atomic mass is 9.89. The molecule has 0 spiro atoms. The zero-order chi connectivity index (χ0) is 21.0. The van der Waals surface area contributed by atoms with Gasteiger partial charge >= 0.3 is 0 Å². The van der Waals surface area contributed by atoms with Crippen LogP contribution < -0.4 is 5.32 Å². The van der Waals surface area contributed by atoms with Crippen molar-refractivity contribution in [3.63, 3.8) is 0 Å². The lowest BCUT2D eigenvalue weighted by Gasteiger charge is -2.35. The lowest BCUT2D eigenvalue weighted by molar-refractivity contribution is 0.00921. The van der Waals surface area contributed by atoms with Crippen molar-refractivity contribution in [3.05, 3.63) is 89.2 Å². The van der Waals surface area contributed by atoms with E-state index in [1.807, 2.05) is 30.5 Å². The summed E-state index contributed by atoms with van der Waals surface area (Å²) in [5.74, 6) is 0.240. The summed E-state index contributed by atoms with van der Waals surface area (Å²) >= 11 is 0. The molecule has 0 radical (unpaired) electrons. The van der Waals surface area contributed by atoms with Crippen LogP contribution in [0.1, 0.15) is 41.8 Å². The van der Waals surface area contributed by atoms with Gasteiger partial charge < -0.3 is 24.9 Å². The van der Waals surface area contributed by atoms with Crippen LogP contribution in [0.4, 0.5) is 0 Å². The molecule has 0 saturated heterocycles. The van der Waals surface area contributed by atoms with Gasteiger partial charge in [-0.15, -0.1) is 0 Å². The zero-order valence-electron chi connectivity index (χ0n) is 17.6. The predicted molar refractivity (Wildman–Crippen MR) is 118 cm³/mol. The molecule has 2 aromatic carbocycles. The summed E-state index contributed by atoms with van der Waals surface area (Å²) in [6.07, 6.45) is 3.87. The first kappa shape index (κ1) is 20.7. The van der Waals surface area contributed by atoms with Crippen molar-refractivity contribution < 1.29 is 14.6 Å². The van der Waals surface area contributed by atoms with Crippen molar-refractivity contribution >= 4 is 0 Å². The summed E-state index contributed by atoms with van der Waals surface area (Å²) in [5.41, 5.74) is 3.95. The molecule has 3 aromatic rings. The molecule has 1 aromatic heterocycles. The largest absolute Gasteiger partial charge is 0.508 e. The summed E-state index contributed by atoms with van der Waals surface area (Å²) in [4.78, 5) is 3.31. The van der Waals surface area contributed by atoms with E-state index in [0.717, 1.165) is 30.7 Å². The van der Waals surface area contributed by atoms with Gasteiger partial charge in [0.15, 0.2) is 0 Å². The highest BCUT2D eigenvalue weighted by Crippen LogP contribution is 2.34. The molecule has 0 saturated carbocycles. The average molecular weight is 407 g/mol. The van der Waals surface area contributed by atoms with Crippen molar-refractivity contribution in [1.29, 1.82) is 0 Å². The summed E-state index contributed by atoms with van der Waals surface area (Å²) in [6, 6.07) is 20.0. The van der Waals surface area contributed by atoms with Gasteiger partial charge in [0.1, 0.15) is 11.4 Å². The molecule has 2 heterocycles. The van der Waals surface area contributed by atoms with Crippen molar-refractivity contribution in [2.45, 2.75) is 37.5 Å². The second-order valence-electron chi connectivity index (χ2n) is 7.99. The molecule has 3 N–H and O–H groups in total. The van der Waals surface area contributed by atoms with E-state index in [2.05, 4.69) is 41.5 Å². The number of hydrogen-bond donors (Lipinski definition) is 3. The fourth-order valence-corrected chi connectivity index (χ4v) is 4.36. The molecular formula is C25H30N2O3. The van der Waals surface area contributed by atoms with Crippen LogP contribution in [0.25, 0.3) is 0 Å². The smallest absolute Gasteiger partial charge is 0.145 e. The number of fused-ring (bicyclic) bond motifs is 1. The van der Waals surface area contributed by atoms with E-state index in [9.17, 15) is 5.11 Å². The summed E-state index contributed by atoms with van der Waals surface area (Å²) in [6.45, 7) is 3.54. The minimum atomic E-state index is -0.684. The SMILES string of the molecule is COC(CNC(C)CC1OCCc2ccccc21)(c1ccc(O)cc1)c1ccc[nH]1. The monoisotopic (exact) mass is 406 g/mol. The molecular weight excluding hydrogens is 376 g/mol. The van der Waals surface area contributed by atoms with Crippen LogP contribution >= 0.6 is 0 Å². The lowest BCUT2D eigenvalue weighted by Crippen LogP contribution is -2.44. The van der Waals surface area contributed by atoms with Crippen molar-refractivity contribution in [1.82, 2.24) is 10.3 Å². The summed E-state index contributed by atoms with van der Waals surface area (Å²) in [5, 5.41) is 13.4. The van der Waals surface area contributed by atoms with Gasteiger partial charge in [0, 0.05) is 25.9 Å². The summed E-state index contributed by atoms with van der Waals surface area (Å²) < 4.78 is 12.2. The molecule has 0 bridgehead atoms. The molecule has 30 heavy (non-hydrogen) atoms. The molecule has 5 heteroatoms. The predicted octanol–water partition coefficient (Wildman–Crippen LogP) is 4.29. The van der Waals surface area contributed by atoms with Gasteiger partial charge in [-0.2, -0.15) is 0 Å². The topological polar surface area (TPSA) is 66.5 Å². The number of hydrogen-bond acceptors (Lipinski definition) is 4. The fourth-order valence-electron chi connectivity index (χ4n) is 4.36. The van der Waals surface area contributed by atoms with Crippen LogP contribution in [0, 0.1) is 0 Å². The van der Waals surface area contributed by atoms with Gasteiger partial charge in [0.2, 0.25) is 0 Å². The molecule has 1 aliphatic rings. The quantitative estimate of drug-likeness (QED) is 0.522. The number of methoxy groups -OCH3 is 1. The number of aromatic nitrogens is 1. The third kappa shape index (κ3) is 4.15. The Morgan fingerprint density at radius 3 is 2.70 bits per heavy atom. The van der Waals surface area contributed by atoms with Crippen LogP contribution in [0.2, 0.25) is 0 Å². The molecule has 5 nitrogen and oxygen atoms in total. The van der Waals surface area contributed by atoms with E-state index >= 15 is 0 Å². The molecule has 0 amide bonds. The third-order valence-electron chi connectivity index (χ3n) is 6.07. The molecule has 0 fully saturated rings. The number of rotatable bonds is 8. The van der Waals surface area contributed by atoms with Crippen LogP contribution in [0.5, 0.6) is 5.75 Å². The average Bonchev–Trinajstić information content (AvgIpc) is 3.31. The van der Waals surface area contributed by atoms with Crippen LogP contribution in [-0.4, -0.2) is 36.4 Å². The molecule has 3 unspecified atom stereocenters. The van der Waals surface area contributed by atoms with Gasteiger partial charge in [0.25, 0.3) is 0 Å². The number of phenols is 1. The molecule has 0 aliphatic carbocycles. The molecule has 4 rings (SSSR count). The Morgan fingerprint density at radius 1 is 1.17 bits per heavy atom. The number of aromatic hydroxyl groups is 1. The maximum absolute atomic E-state index is 9.73. The van der Waals surface area contributed by atoms with Crippen LogP contribution in [0.15, 0.2) is 66.9 Å². The van der Waals surface area contributed by atoms with Crippen molar-refractivity contribution in [3.8, 4) is 5.75 Å². The van der Waals surface area contributed by atoms with Crippen molar-refractivity contribution in [2.75, 3.05) is 20.3 Å². The maximum Gasteiger partial charge on any atom is 0.145 e. The molecule has 1 aliphatic heterocycles. The molecule has 3 atom stereocenters. The van der Waals surface area contributed by atoms with E-state index in [1.54, 1.807) is 19.2 Å². The number of nitrogens with one attached hydrogen (secondary N) is 2. The highest BCUT2D eigenvalue weighted by atomic mass is 16.5. The first-order valence-electron chi connectivity index (χ1n) is 10.5.